The van der Waals surface area contributed by atoms with Gasteiger partial charge in [0.2, 0.25) is 5.89 Å². The van der Waals surface area contributed by atoms with E-state index in [2.05, 4.69) is 10.3 Å². The van der Waals surface area contributed by atoms with Crippen molar-refractivity contribution in [2.24, 2.45) is 0 Å². The van der Waals surface area contributed by atoms with Gasteiger partial charge in [-0.2, -0.15) is 0 Å². The Morgan fingerprint density at radius 1 is 1.13 bits per heavy atom. The van der Waals surface area contributed by atoms with E-state index in [1.807, 2.05) is 30.3 Å². The van der Waals surface area contributed by atoms with E-state index in [0.29, 0.717) is 23.8 Å². The van der Waals surface area contributed by atoms with Gasteiger partial charge in [-0.15, -0.1) is 0 Å². The number of hydrogen-bond donors (Lipinski definition) is 2. The van der Waals surface area contributed by atoms with Crippen molar-refractivity contribution >= 4 is 0 Å². The molecule has 4 nitrogen and oxygen atoms in total. The molecule has 0 bridgehead atoms. The maximum atomic E-state index is 13.2. The summed E-state index contributed by atoms with van der Waals surface area (Å²) in [4.78, 5) is 4.19. The van der Waals surface area contributed by atoms with Crippen LogP contribution in [0.15, 0.2) is 65.2 Å². The fraction of sp³-hybridized carbons (Fsp3) is 0.167. The van der Waals surface area contributed by atoms with Crippen LogP contribution in [0.5, 0.6) is 0 Å². The van der Waals surface area contributed by atoms with E-state index in [1.54, 1.807) is 18.3 Å². The summed E-state index contributed by atoms with van der Waals surface area (Å²) in [5.41, 5.74) is 1.64. The van der Waals surface area contributed by atoms with Crippen LogP contribution in [-0.2, 0) is 6.54 Å². The van der Waals surface area contributed by atoms with Gasteiger partial charge in [-0.1, -0.05) is 42.5 Å². The summed E-state index contributed by atoms with van der Waals surface area (Å²) in [6.07, 6.45) is 1.57. The first-order chi connectivity index (χ1) is 11.3. The number of benzene rings is 2. The third-order valence-electron chi connectivity index (χ3n) is 3.55. The lowest BCUT2D eigenvalue weighted by atomic mass is 10.1. The predicted molar refractivity (Wildman–Crippen MR) is 85.0 cm³/mol. The molecule has 0 spiro atoms. The van der Waals surface area contributed by atoms with Gasteiger partial charge in [-0.25, -0.2) is 9.37 Å². The number of aliphatic hydroxyl groups excluding tert-OH is 1. The number of hydrogen-bond acceptors (Lipinski definition) is 4. The molecule has 0 aliphatic rings. The van der Waals surface area contributed by atoms with Gasteiger partial charge in [0.25, 0.3) is 0 Å². The Morgan fingerprint density at radius 2 is 1.96 bits per heavy atom. The van der Waals surface area contributed by atoms with E-state index in [0.717, 1.165) is 5.56 Å². The van der Waals surface area contributed by atoms with Gasteiger partial charge in [0.05, 0.1) is 25.4 Å². The predicted octanol–water partition coefficient (Wildman–Crippen LogP) is 3.30. The molecular weight excluding hydrogens is 295 g/mol. The van der Waals surface area contributed by atoms with Crippen LogP contribution in [0, 0.1) is 5.82 Å². The average molecular weight is 312 g/mol. The lowest BCUT2D eigenvalue weighted by Crippen LogP contribution is -2.24. The molecule has 1 aromatic heterocycles. The first kappa shape index (κ1) is 15.4. The number of aliphatic hydroxyl groups is 1. The van der Waals surface area contributed by atoms with Gasteiger partial charge in [-0.05, 0) is 17.7 Å². The molecule has 3 rings (SSSR count). The van der Waals surface area contributed by atoms with Crippen molar-refractivity contribution in [2.45, 2.75) is 12.6 Å². The summed E-state index contributed by atoms with van der Waals surface area (Å²) >= 11 is 0. The molecule has 0 aliphatic carbocycles. The second-order valence-electron chi connectivity index (χ2n) is 5.16. The van der Waals surface area contributed by atoms with Gasteiger partial charge in [0.15, 0.2) is 5.76 Å². The molecule has 5 heteroatoms. The Kier molecular flexibility index (Phi) is 4.80. The number of nitrogens with one attached hydrogen (secondary N) is 1. The lowest BCUT2D eigenvalue weighted by molar-refractivity contribution is 0.240. The van der Waals surface area contributed by atoms with E-state index in [-0.39, 0.29) is 18.5 Å². The second-order valence-corrected chi connectivity index (χ2v) is 5.16. The lowest BCUT2D eigenvalue weighted by Gasteiger charge is -2.15. The molecule has 1 unspecified atom stereocenters. The highest BCUT2D eigenvalue weighted by Gasteiger charge is 2.12. The zero-order valence-corrected chi connectivity index (χ0v) is 12.4. The van der Waals surface area contributed by atoms with Gasteiger partial charge >= 0.3 is 0 Å². The molecule has 0 saturated carbocycles. The van der Waals surface area contributed by atoms with Crippen LogP contribution < -0.4 is 5.32 Å². The van der Waals surface area contributed by atoms with Crippen molar-refractivity contribution in [1.29, 1.82) is 0 Å². The Morgan fingerprint density at radius 3 is 2.70 bits per heavy atom. The molecule has 0 radical (unpaired) electrons. The van der Waals surface area contributed by atoms with Crippen LogP contribution in [0.3, 0.4) is 0 Å². The summed E-state index contributed by atoms with van der Waals surface area (Å²) in [5, 5.41) is 12.7. The van der Waals surface area contributed by atoms with Crippen LogP contribution >= 0.6 is 0 Å². The van der Waals surface area contributed by atoms with Crippen LogP contribution in [0.2, 0.25) is 0 Å². The van der Waals surface area contributed by atoms with Crippen molar-refractivity contribution in [3.63, 3.8) is 0 Å². The largest absolute Gasteiger partial charge is 0.439 e. The van der Waals surface area contributed by atoms with E-state index < -0.39 is 0 Å². The van der Waals surface area contributed by atoms with E-state index in [1.165, 1.54) is 12.1 Å². The number of halogens is 1. The third kappa shape index (κ3) is 3.83. The topological polar surface area (TPSA) is 58.3 Å². The normalized spacial score (nSPS) is 12.3. The van der Waals surface area contributed by atoms with E-state index in [4.69, 9.17) is 4.42 Å². The number of oxazole rings is 1. The van der Waals surface area contributed by atoms with Crippen molar-refractivity contribution < 1.29 is 13.9 Å². The molecule has 3 aromatic rings. The maximum Gasteiger partial charge on any atom is 0.208 e. The quantitative estimate of drug-likeness (QED) is 0.733. The molecule has 1 atom stereocenters. The van der Waals surface area contributed by atoms with Crippen LogP contribution in [0.1, 0.15) is 17.5 Å². The summed E-state index contributed by atoms with van der Waals surface area (Å²) in [6, 6.07) is 15.6. The summed E-state index contributed by atoms with van der Waals surface area (Å²) in [7, 11) is 0. The smallest absolute Gasteiger partial charge is 0.208 e. The summed E-state index contributed by atoms with van der Waals surface area (Å²) < 4.78 is 18.9. The number of rotatable bonds is 6. The van der Waals surface area contributed by atoms with Crippen molar-refractivity contribution in [3.8, 4) is 11.3 Å². The first-order valence-electron chi connectivity index (χ1n) is 7.36. The van der Waals surface area contributed by atoms with Crippen LogP contribution in [0.25, 0.3) is 11.3 Å². The molecule has 118 valence electrons. The molecule has 0 saturated heterocycles. The van der Waals surface area contributed by atoms with Crippen molar-refractivity contribution in [2.75, 3.05) is 6.61 Å². The summed E-state index contributed by atoms with van der Waals surface area (Å²) in [6.45, 7) is 0.344. The molecule has 23 heavy (non-hydrogen) atoms. The minimum absolute atomic E-state index is 0.0263. The summed E-state index contributed by atoms with van der Waals surface area (Å²) in [5.74, 6) is 0.684. The Hall–Kier alpha value is -2.50. The maximum absolute atomic E-state index is 13.2. The first-order valence-corrected chi connectivity index (χ1v) is 7.36. The highest BCUT2D eigenvalue weighted by Crippen LogP contribution is 2.21. The van der Waals surface area contributed by atoms with E-state index in [9.17, 15) is 9.50 Å². The SMILES string of the molecule is OCC(NCc1ncc(-c2cccc(F)c2)o1)c1ccccc1. The molecular formula is C18H17FN2O2. The standard InChI is InChI=1S/C18H17FN2O2/c19-15-8-4-7-14(9-15)17-10-21-18(23-17)11-20-16(12-22)13-5-2-1-3-6-13/h1-10,16,20,22H,11-12H2. The molecule has 0 fully saturated rings. The average Bonchev–Trinajstić information content (AvgIpc) is 3.05. The fourth-order valence-corrected chi connectivity index (χ4v) is 2.35. The number of nitrogens with zero attached hydrogens (tertiary/aromatic N) is 1. The molecule has 2 N–H and O–H groups in total. The Labute approximate surface area is 133 Å². The minimum Gasteiger partial charge on any atom is -0.439 e. The van der Waals surface area contributed by atoms with Gasteiger partial charge in [0.1, 0.15) is 5.82 Å². The second kappa shape index (κ2) is 7.17. The molecule has 1 heterocycles. The van der Waals surface area contributed by atoms with Crippen molar-refractivity contribution in [3.05, 3.63) is 78.1 Å². The van der Waals surface area contributed by atoms with Crippen LogP contribution in [-0.4, -0.2) is 16.7 Å². The van der Waals surface area contributed by atoms with Gasteiger partial charge < -0.3 is 9.52 Å². The molecule has 2 aromatic carbocycles. The molecule has 0 aliphatic heterocycles. The van der Waals surface area contributed by atoms with Gasteiger partial charge in [-0.3, -0.25) is 5.32 Å². The molecule has 0 amide bonds. The number of aromatic nitrogens is 1. The zero-order valence-electron chi connectivity index (χ0n) is 12.4. The highest BCUT2D eigenvalue weighted by atomic mass is 19.1. The van der Waals surface area contributed by atoms with Crippen LogP contribution in [0.4, 0.5) is 4.39 Å². The fourth-order valence-electron chi connectivity index (χ4n) is 2.35. The monoisotopic (exact) mass is 312 g/mol. The van der Waals surface area contributed by atoms with Crippen molar-refractivity contribution in [1.82, 2.24) is 10.3 Å². The Bertz CT molecular complexity index is 758. The Balaban J connectivity index is 1.67. The zero-order chi connectivity index (χ0) is 16.1. The van der Waals surface area contributed by atoms with E-state index >= 15 is 0 Å². The third-order valence-corrected chi connectivity index (χ3v) is 3.55. The highest BCUT2D eigenvalue weighted by molar-refractivity contribution is 5.56. The van der Waals surface area contributed by atoms with Gasteiger partial charge in [0, 0.05) is 5.56 Å². The minimum atomic E-state index is -0.317.